The number of amides is 1. The Hall–Kier alpha value is -2.24. The molecule has 1 atom stereocenters. The number of halogens is 2. The number of carbonyl (C=O) groups is 1. The smallest absolute Gasteiger partial charge is 0.223 e. The van der Waals surface area contributed by atoms with E-state index in [2.05, 4.69) is 29.0 Å². The van der Waals surface area contributed by atoms with E-state index < -0.39 is 11.6 Å². The number of piperidine rings is 1. The van der Waals surface area contributed by atoms with Gasteiger partial charge in [0.25, 0.3) is 0 Å². The van der Waals surface area contributed by atoms with Gasteiger partial charge in [-0.05, 0) is 37.8 Å². The molecule has 1 unspecified atom stereocenters. The minimum atomic E-state index is -0.654. The molecular weight excluding hydrogens is 336 g/mol. The number of fused-ring (bicyclic) bond motifs is 1. The van der Waals surface area contributed by atoms with Gasteiger partial charge in [-0.1, -0.05) is 13.8 Å². The number of pyridine rings is 1. The van der Waals surface area contributed by atoms with E-state index in [1.54, 1.807) is 12.3 Å². The van der Waals surface area contributed by atoms with Gasteiger partial charge in [-0.15, -0.1) is 0 Å². The fourth-order valence-corrected chi connectivity index (χ4v) is 3.33. The summed E-state index contributed by atoms with van der Waals surface area (Å²) in [4.78, 5) is 18.5. The molecule has 0 saturated carbocycles. The predicted octanol–water partition coefficient (Wildman–Crippen LogP) is 3.89. The molecule has 3 rings (SSSR count). The molecular formula is C20H25F2N3O. The van der Waals surface area contributed by atoms with Crippen molar-refractivity contribution in [1.82, 2.24) is 10.3 Å². The van der Waals surface area contributed by atoms with Gasteiger partial charge in [0.05, 0.1) is 0 Å². The monoisotopic (exact) mass is 361 g/mol. The van der Waals surface area contributed by atoms with Crippen LogP contribution >= 0.6 is 0 Å². The first-order valence-corrected chi connectivity index (χ1v) is 9.16. The van der Waals surface area contributed by atoms with Crippen LogP contribution in [0.5, 0.6) is 0 Å². The van der Waals surface area contributed by atoms with Crippen molar-refractivity contribution < 1.29 is 13.6 Å². The van der Waals surface area contributed by atoms with Crippen molar-refractivity contribution in [3.63, 3.8) is 0 Å². The largest absolute Gasteiger partial charge is 0.371 e. The molecule has 0 spiro atoms. The van der Waals surface area contributed by atoms with Crippen LogP contribution in [0.15, 0.2) is 24.4 Å². The van der Waals surface area contributed by atoms with Crippen LogP contribution in [0.4, 0.5) is 14.5 Å². The molecule has 4 nitrogen and oxygen atoms in total. The van der Waals surface area contributed by atoms with Gasteiger partial charge in [-0.2, -0.15) is 0 Å². The van der Waals surface area contributed by atoms with Gasteiger partial charge < -0.3 is 10.2 Å². The number of anilines is 1. The molecule has 140 valence electrons. The summed E-state index contributed by atoms with van der Waals surface area (Å²) in [6, 6.07) is 4.10. The number of nitrogens with zero attached hydrogens (tertiary/aromatic N) is 2. The van der Waals surface area contributed by atoms with Crippen LogP contribution in [0.25, 0.3) is 10.9 Å². The Morgan fingerprint density at radius 2 is 1.92 bits per heavy atom. The molecule has 1 amide bonds. The Morgan fingerprint density at radius 3 is 2.58 bits per heavy atom. The molecule has 0 aliphatic carbocycles. The van der Waals surface area contributed by atoms with E-state index in [9.17, 15) is 13.6 Å². The van der Waals surface area contributed by atoms with Gasteiger partial charge in [0.2, 0.25) is 5.91 Å². The number of rotatable bonds is 4. The first kappa shape index (κ1) is 18.5. The lowest BCUT2D eigenvalue weighted by molar-refractivity contribution is -0.126. The zero-order valence-electron chi connectivity index (χ0n) is 15.4. The second-order valence-electron chi connectivity index (χ2n) is 7.42. The molecule has 6 heteroatoms. The SMILES string of the molecule is CC(C)C(C)NC(=O)C1CCN(c2ccnc3c(F)cc(F)cc23)CC1. The van der Waals surface area contributed by atoms with E-state index in [4.69, 9.17) is 0 Å². The maximum atomic E-state index is 14.0. The Balaban J connectivity index is 1.73. The zero-order chi connectivity index (χ0) is 18.8. The van der Waals surface area contributed by atoms with Gasteiger partial charge in [-0.25, -0.2) is 8.78 Å². The number of hydrogen-bond acceptors (Lipinski definition) is 3. The molecule has 1 aliphatic heterocycles. The van der Waals surface area contributed by atoms with E-state index in [1.807, 2.05) is 6.92 Å². The molecule has 1 aromatic carbocycles. The summed E-state index contributed by atoms with van der Waals surface area (Å²) >= 11 is 0. The van der Waals surface area contributed by atoms with E-state index in [-0.39, 0.29) is 23.4 Å². The van der Waals surface area contributed by atoms with Crippen molar-refractivity contribution in [3.05, 3.63) is 36.0 Å². The Labute approximate surface area is 152 Å². The average molecular weight is 361 g/mol. The molecule has 1 aromatic heterocycles. The normalized spacial score (nSPS) is 16.9. The van der Waals surface area contributed by atoms with Gasteiger partial charge >= 0.3 is 0 Å². The van der Waals surface area contributed by atoms with Crippen LogP contribution in [-0.4, -0.2) is 30.0 Å². The number of hydrogen-bond donors (Lipinski definition) is 1. The summed E-state index contributed by atoms with van der Waals surface area (Å²) in [6.45, 7) is 7.53. The zero-order valence-corrected chi connectivity index (χ0v) is 15.4. The van der Waals surface area contributed by atoms with E-state index >= 15 is 0 Å². The highest BCUT2D eigenvalue weighted by Crippen LogP contribution is 2.31. The lowest BCUT2D eigenvalue weighted by atomic mass is 9.94. The molecule has 1 fully saturated rings. The first-order valence-electron chi connectivity index (χ1n) is 9.16. The van der Waals surface area contributed by atoms with Crippen LogP contribution in [-0.2, 0) is 4.79 Å². The van der Waals surface area contributed by atoms with Crippen LogP contribution < -0.4 is 10.2 Å². The van der Waals surface area contributed by atoms with Crippen molar-refractivity contribution in [1.29, 1.82) is 0 Å². The lowest BCUT2D eigenvalue weighted by Gasteiger charge is -2.34. The molecule has 0 bridgehead atoms. The Bertz CT molecular complexity index is 801. The molecule has 1 N–H and O–H groups in total. The minimum absolute atomic E-state index is 0.0194. The van der Waals surface area contributed by atoms with Crippen LogP contribution in [0.2, 0.25) is 0 Å². The third-order valence-corrected chi connectivity index (χ3v) is 5.32. The van der Waals surface area contributed by atoms with Gasteiger partial charge in [0.15, 0.2) is 5.82 Å². The summed E-state index contributed by atoms with van der Waals surface area (Å²) in [5, 5.41) is 3.56. The topological polar surface area (TPSA) is 45.2 Å². The minimum Gasteiger partial charge on any atom is -0.371 e. The third-order valence-electron chi connectivity index (χ3n) is 5.32. The molecule has 26 heavy (non-hydrogen) atoms. The third kappa shape index (κ3) is 3.79. The van der Waals surface area contributed by atoms with Crippen molar-refractivity contribution in [2.24, 2.45) is 11.8 Å². The highest BCUT2D eigenvalue weighted by molar-refractivity contribution is 5.92. The van der Waals surface area contributed by atoms with Crippen LogP contribution in [0.1, 0.15) is 33.6 Å². The molecule has 2 aromatic rings. The van der Waals surface area contributed by atoms with Crippen LogP contribution in [0.3, 0.4) is 0 Å². The highest BCUT2D eigenvalue weighted by atomic mass is 19.1. The standard InChI is InChI=1S/C20H25F2N3O/c1-12(2)13(3)24-20(26)14-5-8-25(9-6-14)18-4-7-23-19-16(18)10-15(21)11-17(19)22/h4,7,10-14H,5-6,8-9H2,1-3H3,(H,24,26). The Morgan fingerprint density at radius 1 is 1.23 bits per heavy atom. The van der Waals surface area contributed by atoms with Crippen molar-refractivity contribution in [2.75, 3.05) is 18.0 Å². The van der Waals surface area contributed by atoms with Gasteiger partial charge in [0.1, 0.15) is 11.3 Å². The number of benzene rings is 1. The van der Waals surface area contributed by atoms with E-state index in [1.165, 1.54) is 6.07 Å². The van der Waals surface area contributed by atoms with Crippen LogP contribution in [0, 0.1) is 23.5 Å². The van der Waals surface area contributed by atoms with Crippen molar-refractivity contribution >= 4 is 22.5 Å². The van der Waals surface area contributed by atoms with E-state index in [0.29, 0.717) is 24.4 Å². The van der Waals surface area contributed by atoms with Gasteiger partial charge in [-0.3, -0.25) is 9.78 Å². The first-order chi connectivity index (χ1) is 12.4. The molecule has 2 heterocycles. The predicted molar refractivity (Wildman–Crippen MR) is 99.0 cm³/mol. The Kier molecular flexibility index (Phi) is 5.39. The van der Waals surface area contributed by atoms with E-state index in [0.717, 1.165) is 24.6 Å². The van der Waals surface area contributed by atoms with Crippen molar-refractivity contribution in [3.8, 4) is 0 Å². The maximum Gasteiger partial charge on any atom is 0.223 e. The summed E-state index contributed by atoms with van der Waals surface area (Å²) in [5.74, 6) is -0.788. The maximum absolute atomic E-state index is 14.0. The second-order valence-corrected chi connectivity index (χ2v) is 7.42. The average Bonchev–Trinajstić information content (AvgIpc) is 2.61. The number of carbonyl (C=O) groups excluding carboxylic acids is 1. The highest BCUT2D eigenvalue weighted by Gasteiger charge is 2.27. The fourth-order valence-electron chi connectivity index (χ4n) is 3.33. The summed E-state index contributed by atoms with van der Waals surface area (Å²) < 4.78 is 27.6. The molecule has 1 saturated heterocycles. The number of nitrogens with one attached hydrogen (secondary N) is 1. The summed E-state index contributed by atoms with van der Waals surface area (Å²) in [6.07, 6.45) is 2.98. The van der Waals surface area contributed by atoms with Crippen molar-refractivity contribution in [2.45, 2.75) is 39.7 Å². The summed E-state index contributed by atoms with van der Waals surface area (Å²) in [7, 11) is 0. The quantitative estimate of drug-likeness (QED) is 0.899. The fraction of sp³-hybridized carbons (Fsp3) is 0.500. The molecule has 0 radical (unpaired) electrons. The molecule has 1 aliphatic rings. The summed E-state index contributed by atoms with van der Waals surface area (Å²) in [5.41, 5.74) is 0.942. The van der Waals surface area contributed by atoms with Gasteiger partial charge in [0, 0.05) is 48.4 Å². The lowest BCUT2D eigenvalue weighted by Crippen LogP contribution is -2.44. The second kappa shape index (κ2) is 7.56. The number of aromatic nitrogens is 1.